The Balaban J connectivity index is 1.25. The van der Waals surface area contributed by atoms with Crippen LogP contribution in [0.4, 0.5) is 0 Å². The number of rotatable bonds is 79. The lowest BCUT2D eigenvalue weighted by Crippen LogP contribution is -2.12. The molecular weight excluding hydrogens is 1450 g/mol. The van der Waals surface area contributed by atoms with Gasteiger partial charge in [-0.05, 0) is 122 Å². The quantitative estimate of drug-likeness (QED) is 0.0208. The fourth-order valence-corrected chi connectivity index (χ4v) is 15.3. The maximum Gasteiger partial charge on any atom is 0.343 e. The van der Waals surface area contributed by atoms with Gasteiger partial charge >= 0.3 is 17.9 Å². The van der Waals surface area contributed by atoms with E-state index in [2.05, 4.69) is 41.5 Å². The van der Waals surface area contributed by atoms with Crippen molar-refractivity contribution in [3.63, 3.8) is 0 Å². The van der Waals surface area contributed by atoms with Gasteiger partial charge < -0.3 is 42.6 Å². The van der Waals surface area contributed by atoms with E-state index in [4.69, 9.17) is 42.6 Å². The fraction of sp³-hybridized carbons (Fsp3) is 0.686. The van der Waals surface area contributed by atoms with Crippen molar-refractivity contribution < 1.29 is 57.0 Å². The molecule has 0 saturated heterocycles. The molecule has 0 radical (unpaired) electrons. The number of esters is 3. The van der Waals surface area contributed by atoms with Crippen LogP contribution in [0.1, 0.15) is 458 Å². The zero-order valence-electron chi connectivity index (χ0n) is 75.3. The zero-order valence-corrected chi connectivity index (χ0v) is 75.3. The first kappa shape index (κ1) is 101. The van der Waals surface area contributed by atoms with Crippen molar-refractivity contribution in [3.8, 4) is 62.9 Å². The second kappa shape index (κ2) is 70.0. The number of benzene rings is 5. The molecule has 0 spiro atoms. The maximum atomic E-state index is 14.3. The monoisotopic (exact) mass is 1620 g/mol. The van der Waals surface area contributed by atoms with Crippen LogP contribution in [0, 0.1) is 0 Å². The van der Waals surface area contributed by atoms with Crippen LogP contribution < -0.4 is 42.6 Å². The molecule has 0 fully saturated rings. The lowest BCUT2D eigenvalue weighted by molar-refractivity contribution is 0.0722. The molecule has 0 aliphatic rings. The Labute approximate surface area is 714 Å². The molecule has 0 N–H and O–H groups in total. The van der Waals surface area contributed by atoms with Crippen LogP contribution in [0.15, 0.2) is 97.1 Å². The zero-order chi connectivity index (χ0) is 83.2. The Bertz CT molecular complexity index is 3120. The molecule has 0 aliphatic heterocycles. The van der Waals surface area contributed by atoms with Gasteiger partial charge in [0, 0.05) is 0 Å². The summed E-state index contributed by atoms with van der Waals surface area (Å²) in [5.74, 6) is 2.56. The van der Waals surface area contributed by atoms with Gasteiger partial charge in [0.1, 0.15) is 17.2 Å². The Morgan fingerprint density at radius 2 is 0.350 bits per heavy atom. The summed E-state index contributed by atoms with van der Waals surface area (Å²) in [5, 5.41) is 0. The third-order valence-electron chi connectivity index (χ3n) is 22.8. The first-order valence-corrected chi connectivity index (χ1v) is 48.8. The van der Waals surface area contributed by atoms with Crippen molar-refractivity contribution >= 4 is 17.9 Å². The molecule has 0 aromatic heterocycles. The summed E-state index contributed by atoms with van der Waals surface area (Å²) in [7, 11) is 0. The average Bonchev–Trinajstić information content (AvgIpc) is 0.818. The first-order valence-electron chi connectivity index (χ1n) is 48.8. The molecule has 658 valence electrons. The highest BCUT2D eigenvalue weighted by atomic mass is 16.6. The van der Waals surface area contributed by atoms with Crippen LogP contribution in [0.5, 0.6) is 51.7 Å². The summed E-state index contributed by atoms with van der Waals surface area (Å²) in [6.07, 6.45) is 73.7. The van der Waals surface area contributed by atoms with Gasteiger partial charge in [-0.1, -0.05) is 413 Å². The van der Waals surface area contributed by atoms with Crippen molar-refractivity contribution in [2.45, 2.75) is 427 Å². The standard InChI is InChI=1S/C105H166O12/c1-7-13-19-25-31-37-43-49-55-61-79-109-97-85-92(86-98(110-80-62-56-50-44-38-32-26-20-14-8-2)101(97)113-83-65-59-53-47-41-35-29-23-17-11-5)104(107)116-95-75-69-90(70-76-95)89-67-73-94(74-68-89)115-103(106)91-71-77-96(78-72-91)117-105(108)93-87-99(111-81-63-57-51-45-39-33-27-21-15-9-3)102(114-84-66-60-54-48-42-36-30-24-18-12-6)100(88-93)112-82-64-58-52-46-40-34-28-22-16-10-4/h67-78,85-88H,7-66,79-84H2,1-6H3. The Morgan fingerprint density at radius 3 is 0.547 bits per heavy atom. The molecule has 0 aliphatic carbocycles. The van der Waals surface area contributed by atoms with Gasteiger partial charge in [0.05, 0.1) is 56.3 Å². The van der Waals surface area contributed by atoms with Crippen LogP contribution in [0.3, 0.4) is 0 Å². The summed E-state index contributed by atoms with van der Waals surface area (Å²) in [5.41, 5.74) is 2.70. The van der Waals surface area contributed by atoms with Crippen LogP contribution >= 0.6 is 0 Å². The number of carbonyl (C=O) groups excluding carboxylic acids is 3. The van der Waals surface area contributed by atoms with Gasteiger partial charge in [0.15, 0.2) is 23.0 Å². The van der Waals surface area contributed by atoms with Crippen molar-refractivity contribution in [2.24, 2.45) is 0 Å². The van der Waals surface area contributed by atoms with E-state index in [1.54, 1.807) is 72.8 Å². The van der Waals surface area contributed by atoms with Gasteiger partial charge in [-0.25, -0.2) is 14.4 Å². The second-order valence-electron chi connectivity index (χ2n) is 33.5. The number of carbonyl (C=O) groups is 3. The number of hydrogen-bond donors (Lipinski definition) is 0. The lowest BCUT2D eigenvalue weighted by Gasteiger charge is -2.19. The van der Waals surface area contributed by atoms with E-state index in [1.807, 2.05) is 24.3 Å². The molecule has 5 aromatic rings. The van der Waals surface area contributed by atoms with E-state index < -0.39 is 17.9 Å². The molecule has 0 bridgehead atoms. The van der Waals surface area contributed by atoms with E-state index in [0.717, 1.165) is 88.2 Å². The minimum Gasteiger partial charge on any atom is -0.490 e. The predicted octanol–water partition coefficient (Wildman–Crippen LogP) is 32.8. The Hall–Kier alpha value is -6.69. The molecular formula is C105H166O12. The van der Waals surface area contributed by atoms with Crippen LogP contribution in [-0.2, 0) is 0 Å². The van der Waals surface area contributed by atoms with Gasteiger partial charge in [0.2, 0.25) is 11.5 Å². The first-order chi connectivity index (χ1) is 57.7. The third kappa shape index (κ3) is 48.4. The number of unbranched alkanes of at least 4 members (excludes halogenated alkanes) is 54. The highest BCUT2D eigenvalue weighted by molar-refractivity contribution is 5.94. The molecule has 12 nitrogen and oxygen atoms in total. The van der Waals surface area contributed by atoms with Gasteiger partial charge in [-0.3, -0.25) is 0 Å². The fourth-order valence-electron chi connectivity index (χ4n) is 15.3. The van der Waals surface area contributed by atoms with Crippen LogP contribution in [0.25, 0.3) is 11.1 Å². The summed E-state index contributed by atoms with van der Waals surface area (Å²) in [4.78, 5) is 42.3. The summed E-state index contributed by atoms with van der Waals surface area (Å²) in [6, 6.07) is 28.2. The molecule has 0 saturated carbocycles. The highest BCUT2D eigenvalue weighted by Crippen LogP contribution is 2.42. The topological polar surface area (TPSA) is 134 Å². The molecule has 0 unspecified atom stereocenters. The van der Waals surface area contributed by atoms with Crippen LogP contribution in [-0.4, -0.2) is 57.5 Å². The average molecular weight is 1620 g/mol. The van der Waals surface area contributed by atoms with Crippen molar-refractivity contribution in [1.82, 2.24) is 0 Å². The van der Waals surface area contributed by atoms with Gasteiger partial charge in [0.25, 0.3) is 0 Å². The van der Waals surface area contributed by atoms with Crippen molar-refractivity contribution in [2.75, 3.05) is 39.6 Å². The van der Waals surface area contributed by atoms with Crippen molar-refractivity contribution in [1.29, 1.82) is 0 Å². The number of hydrogen-bond acceptors (Lipinski definition) is 12. The minimum atomic E-state index is -0.570. The van der Waals surface area contributed by atoms with Crippen LogP contribution in [0.2, 0.25) is 0 Å². The van der Waals surface area contributed by atoms with Crippen molar-refractivity contribution in [3.05, 3.63) is 114 Å². The molecule has 12 heteroatoms. The van der Waals surface area contributed by atoms with E-state index in [9.17, 15) is 14.4 Å². The van der Waals surface area contributed by atoms with E-state index in [1.165, 1.54) is 308 Å². The molecule has 5 rings (SSSR count). The van der Waals surface area contributed by atoms with E-state index in [-0.39, 0.29) is 5.75 Å². The molecule has 0 amide bonds. The largest absolute Gasteiger partial charge is 0.490 e. The number of ether oxygens (including phenoxy) is 9. The van der Waals surface area contributed by atoms with E-state index in [0.29, 0.717) is 102 Å². The maximum absolute atomic E-state index is 14.3. The Kier molecular flexibility index (Phi) is 60.4. The summed E-state index contributed by atoms with van der Waals surface area (Å²) in [6.45, 7) is 16.7. The summed E-state index contributed by atoms with van der Waals surface area (Å²) >= 11 is 0. The van der Waals surface area contributed by atoms with E-state index >= 15 is 0 Å². The highest BCUT2D eigenvalue weighted by Gasteiger charge is 2.24. The van der Waals surface area contributed by atoms with Gasteiger partial charge in [-0.2, -0.15) is 0 Å². The molecule has 117 heavy (non-hydrogen) atoms. The normalized spacial score (nSPS) is 11.3. The summed E-state index contributed by atoms with van der Waals surface area (Å²) < 4.78 is 57.7. The molecule has 0 heterocycles. The molecule has 5 aromatic carbocycles. The smallest absolute Gasteiger partial charge is 0.343 e. The van der Waals surface area contributed by atoms with Gasteiger partial charge in [-0.15, -0.1) is 0 Å². The second-order valence-corrected chi connectivity index (χ2v) is 33.5. The predicted molar refractivity (Wildman–Crippen MR) is 490 cm³/mol. The lowest BCUT2D eigenvalue weighted by atomic mass is 10.1. The SMILES string of the molecule is CCCCCCCCCCCCOc1cc(C(=O)Oc2ccc(C(=O)Oc3ccc(-c4ccc(OC(=O)c5cc(OCCCCCCCCCCCC)c(OCCCCCCCCCCCC)c(OCCCCCCCCCCCC)c5)cc4)cc3)cc2)cc(OCCCCCCCCCCCC)c1OCCCCCCCCCCCC. The molecule has 0 atom stereocenters. The third-order valence-corrected chi connectivity index (χ3v) is 22.8. The Morgan fingerprint density at radius 1 is 0.188 bits per heavy atom. The minimum absolute atomic E-state index is 0.278.